The van der Waals surface area contributed by atoms with Crippen molar-refractivity contribution in [3.63, 3.8) is 0 Å². The van der Waals surface area contributed by atoms with Crippen molar-refractivity contribution in [3.8, 4) is 0 Å². The lowest BCUT2D eigenvalue weighted by atomic mass is 10.2. The molecule has 11 heavy (non-hydrogen) atoms. The summed E-state index contributed by atoms with van der Waals surface area (Å²) in [5, 5.41) is 1.33. The molecule has 1 heterocycles. The third-order valence-corrected chi connectivity index (χ3v) is 2.77. The monoisotopic (exact) mass is 257 g/mol. The van der Waals surface area contributed by atoms with E-state index in [0.717, 1.165) is 0 Å². The van der Waals surface area contributed by atoms with Gasteiger partial charge in [0.15, 0.2) is 0 Å². The average molecular weight is 257 g/mol. The largest absolute Gasteiger partial charge is 0.360 e. The van der Waals surface area contributed by atoms with Crippen molar-refractivity contribution in [2.75, 3.05) is 0 Å². The Bertz CT molecular complexity index is 389. The van der Waals surface area contributed by atoms with Gasteiger partial charge in [-0.3, -0.25) is 0 Å². The first-order valence-electron chi connectivity index (χ1n) is 3.51. The molecular weight excluding hydrogens is 249 g/mol. The summed E-state index contributed by atoms with van der Waals surface area (Å²) in [6.07, 6.45) is 2.05. The van der Waals surface area contributed by atoms with E-state index in [1.807, 2.05) is 6.20 Å². The van der Waals surface area contributed by atoms with E-state index in [2.05, 4.69) is 52.7 Å². The van der Waals surface area contributed by atoms with Crippen LogP contribution < -0.4 is 0 Å². The van der Waals surface area contributed by atoms with Gasteiger partial charge in [0.1, 0.15) is 0 Å². The van der Waals surface area contributed by atoms with Gasteiger partial charge in [-0.15, -0.1) is 0 Å². The van der Waals surface area contributed by atoms with Gasteiger partial charge in [-0.2, -0.15) is 0 Å². The van der Waals surface area contributed by atoms with Gasteiger partial charge < -0.3 is 4.98 Å². The molecular formula is C9H8IN. The fourth-order valence-corrected chi connectivity index (χ4v) is 1.91. The first kappa shape index (κ1) is 7.16. The number of hydrogen-bond donors (Lipinski definition) is 1. The zero-order valence-electron chi connectivity index (χ0n) is 6.19. The Morgan fingerprint density at radius 2 is 2.18 bits per heavy atom. The summed E-state index contributed by atoms with van der Waals surface area (Å²) in [6.45, 7) is 2.12. The number of rotatable bonds is 0. The predicted octanol–water partition coefficient (Wildman–Crippen LogP) is 3.08. The van der Waals surface area contributed by atoms with Crippen LogP contribution in [0.3, 0.4) is 0 Å². The summed E-state index contributed by atoms with van der Waals surface area (Å²) < 4.78 is 1.29. The minimum Gasteiger partial charge on any atom is -0.360 e. The molecule has 0 aliphatic heterocycles. The highest BCUT2D eigenvalue weighted by Crippen LogP contribution is 2.21. The fraction of sp³-hybridized carbons (Fsp3) is 0.111. The van der Waals surface area contributed by atoms with Crippen LogP contribution in [0.2, 0.25) is 0 Å². The van der Waals surface area contributed by atoms with Crippen molar-refractivity contribution in [2.24, 2.45) is 0 Å². The van der Waals surface area contributed by atoms with Gasteiger partial charge in [-0.05, 0) is 41.1 Å². The maximum atomic E-state index is 3.25. The zero-order valence-corrected chi connectivity index (χ0v) is 8.34. The molecule has 1 aromatic carbocycles. The minimum absolute atomic E-state index is 1.26. The van der Waals surface area contributed by atoms with Crippen molar-refractivity contribution in [1.82, 2.24) is 4.98 Å². The Kier molecular flexibility index (Phi) is 1.64. The van der Waals surface area contributed by atoms with E-state index in [-0.39, 0.29) is 0 Å². The molecule has 2 aromatic rings. The molecule has 0 saturated heterocycles. The molecule has 2 rings (SSSR count). The van der Waals surface area contributed by atoms with Crippen LogP contribution >= 0.6 is 22.6 Å². The maximum absolute atomic E-state index is 3.25. The third-order valence-electron chi connectivity index (χ3n) is 1.87. The lowest BCUT2D eigenvalue weighted by molar-refractivity contribution is 1.42. The van der Waals surface area contributed by atoms with E-state index in [1.54, 1.807) is 0 Å². The number of benzene rings is 1. The van der Waals surface area contributed by atoms with Crippen LogP contribution in [0.5, 0.6) is 0 Å². The second kappa shape index (κ2) is 2.52. The van der Waals surface area contributed by atoms with Gasteiger partial charge in [0.25, 0.3) is 0 Å². The van der Waals surface area contributed by atoms with E-state index >= 15 is 0 Å². The van der Waals surface area contributed by atoms with E-state index in [4.69, 9.17) is 0 Å². The summed E-state index contributed by atoms with van der Waals surface area (Å²) in [7, 11) is 0. The van der Waals surface area contributed by atoms with Gasteiger partial charge in [0.05, 0.1) is 5.52 Å². The van der Waals surface area contributed by atoms with Crippen molar-refractivity contribution in [1.29, 1.82) is 0 Å². The van der Waals surface area contributed by atoms with E-state index in [9.17, 15) is 0 Å². The number of halogens is 1. The fourth-order valence-electron chi connectivity index (χ4n) is 1.26. The second-order valence-corrected chi connectivity index (χ2v) is 3.80. The first-order valence-corrected chi connectivity index (χ1v) is 4.59. The quantitative estimate of drug-likeness (QED) is 0.698. The topological polar surface area (TPSA) is 15.8 Å². The Morgan fingerprint density at radius 1 is 1.36 bits per heavy atom. The number of H-pyrrole nitrogens is 1. The van der Waals surface area contributed by atoms with Crippen LogP contribution in [-0.4, -0.2) is 4.98 Å². The van der Waals surface area contributed by atoms with Crippen LogP contribution in [0.1, 0.15) is 5.56 Å². The van der Waals surface area contributed by atoms with E-state index in [0.29, 0.717) is 0 Å². The van der Waals surface area contributed by atoms with Crippen molar-refractivity contribution in [3.05, 3.63) is 33.5 Å². The van der Waals surface area contributed by atoms with Gasteiger partial charge in [-0.25, -0.2) is 0 Å². The maximum Gasteiger partial charge on any atom is 0.0592 e. The lowest BCUT2D eigenvalue weighted by Gasteiger charge is -1.92. The molecule has 0 unspecified atom stereocenters. The highest BCUT2D eigenvalue weighted by molar-refractivity contribution is 14.1. The number of aromatic amines is 1. The molecule has 0 amide bonds. The molecule has 0 bridgehead atoms. The van der Waals surface area contributed by atoms with Crippen LogP contribution in [0.25, 0.3) is 10.9 Å². The summed E-state index contributed by atoms with van der Waals surface area (Å²) in [4.78, 5) is 3.25. The van der Waals surface area contributed by atoms with Crippen LogP contribution in [0, 0.1) is 10.5 Å². The molecule has 0 spiro atoms. The SMILES string of the molecule is Cc1c[nH]c2c(I)cccc12. The Balaban J connectivity index is 2.94. The Hall–Kier alpha value is -0.510. The highest BCUT2D eigenvalue weighted by Gasteiger charge is 2.00. The minimum atomic E-state index is 1.26. The molecule has 1 aromatic heterocycles. The van der Waals surface area contributed by atoms with Crippen molar-refractivity contribution in [2.45, 2.75) is 6.92 Å². The average Bonchev–Trinajstić information content (AvgIpc) is 2.35. The molecule has 1 nitrogen and oxygen atoms in total. The summed E-state index contributed by atoms with van der Waals surface area (Å²) in [5.74, 6) is 0. The van der Waals surface area contributed by atoms with Gasteiger partial charge in [0, 0.05) is 15.2 Å². The molecule has 0 fully saturated rings. The molecule has 0 saturated carbocycles. The number of aromatic nitrogens is 1. The van der Waals surface area contributed by atoms with E-state index < -0.39 is 0 Å². The summed E-state index contributed by atoms with van der Waals surface area (Å²) in [6, 6.07) is 6.34. The molecule has 0 aliphatic carbocycles. The third kappa shape index (κ3) is 1.05. The molecule has 1 N–H and O–H groups in total. The molecule has 0 aliphatic rings. The van der Waals surface area contributed by atoms with Gasteiger partial charge in [-0.1, -0.05) is 12.1 Å². The van der Waals surface area contributed by atoms with E-state index in [1.165, 1.54) is 20.0 Å². The Labute approximate surface area is 78.9 Å². The number of nitrogens with one attached hydrogen (secondary N) is 1. The van der Waals surface area contributed by atoms with Gasteiger partial charge >= 0.3 is 0 Å². The molecule has 56 valence electrons. The standard InChI is InChI=1S/C9H8IN/c1-6-5-11-9-7(6)3-2-4-8(9)10/h2-5,11H,1H3. The Morgan fingerprint density at radius 3 is 2.91 bits per heavy atom. The summed E-state index contributed by atoms with van der Waals surface area (Å²) in [5.41, 5.74) is 2.57. The van der Waals surface area contributed by atoms with Gasteiger partial charge in [0.2, 0.25) is 0 Å². The first-order chi connectivity index (χ1) is 5.29. The second-order valence-electron chi connectivity index (χ2n) is 2.63. The molecule has 0 atom stereocenters. The van der Waals surface area contributed by atoms with Crippen molar-refractivity contribution < 1.29 is 0 Å². The number of fused-ring (bicyclic) bond motifs is 1. The molecule has 0 radical (unpaired) electrons. The summed E-state index contributed by atoms with van der Waals surface area (Å²) >= 11 is 2.34. The van der Waals surface area contributed by atoms with Crippen molar-refractivity contribution >= 4 is 33.5 Å². The number of para-hydroxylation sites is 1. The van der Waals surface area contributed by atoms with Crippen LogP contribution in [-0.2, 0) is 0 Å². The smallest absolute Gasteiger partial charge is 0.0592 e. The molecule has 2 heteroatoms. The van der Waals surface area contributed by atoms with Crippen LogP contribution in [0.15, 0.2) is 24.4 Å². The predicted molar refractivity (Wildman–Crippen MR) is 55.8 cm³/mol. The number of hydrogen-bond acceptors (Lipinski definition) is 0. The lowest BCUT2D eigenvalue weighted by Crippen LogP contribution is -1.73. The zero-order chi connectivity index (χ0) is 7.84. The van der Waals surface area contributed by atoms with Crippen LogP contribution in [0.4, 0.5) is 0 Å². The number of aryl methyl sites for hydroxylation is 1. The normalized spacial score (nSPS) is 10.7. The highest BCUT2D eigenvalue weighted by atomic mass is 127.